The van der Waals surface area contributed by atoms with Gasteiger partial charge >= 0.3 is 0 Å². The van der Waals surface area contributed by atoms with Crippen molar-refractivity contribution in [1.29, 1.82) is 0 Å². The van der Waals surface area contributed by atoms with Gasteiger partial charge in [0.15, 0.2) is 11.6 Å². The highest BCUT2D eigenvalue weighted by atomic mass is 19.2. The van der Waals surface area contributed by atoms with Crippen molar-refractivity contribution in [2.24, 2.45) is 17.8 Å². The van der Waals surface area contributed by atoms with E-state index < -0.39 is 11.6 Å². The van der Waals surface area contributed by atoms with Crippen LogP contribution in [0, 0.1) is 35.2 Å². The van der Waals surface area contributed by atoms with Crippen LogP contribution in [-0.4, -0.2) is 0 Å². The summed E-state index contributed by atoms with van der Waals surface area (Å²) in [7, 11) is 0. The quantitative estimate of drug-likeness (QED) is 0.155. The lowest BCUT2D eigenvalue weighted by Gasteiger charge is -2.35. The first kappa shape index (κ1) is 31.4. The number of hydrogen-bond acceptors (Lipinski definition) is 0. The Labute approximate surface area is 257 Å². The van der Waals surface area contributed by atoms with Gasteiger partial charge in [0.2, 0.25) is 0 Å². The molecule has 0 N–H and O–H groups in total. The number of rotatable bonds is 11. The van der Waals surface area contributed by atoms with Crippen molar-refractivity contribution in [2.75, 3.05) is 0 Å². The highest BCUT2D eigenvalue weighted by Gasteiger charge is 2.28. The number of unbranched alkanes of at least 4 members (excludes halogenated alkanes) is 2. The van der Waals surface area contributed by atoms with E-state index in [1.807, 2.05) is 31.2 Å². The molecule has 0 saturated heterocycles. The molecule has 5 rings (SSSR count). The maximum absolute atomic E-state index is 15.4. The fourth-order valence-electron chi connectivity index (χ4n) is 7.37. The minimum Gasteiger partial charge on any atom is -0.206 e. The van der Waals surface area contributed by atoms with Crippen molar-refractivity contribution in [3.8, 4) is 22.3 Å². The summed E-state index contributed by atoms with van der Waals surface area (Å²) in [5, 5.41) is 0. The molecule has 2 aliphatic carbocycles. The summed E-state index contributed by atoms with van der Waals surface area (Å²) in [6.45, 7) is 4.19. The van der Waals surface area contributed by atoms with E-state index in [0.717, 1.165) is 41.7 Å². The lowest BCUT2D eigenvalue weighted by Crippen LogP contribution is -2.23. The second-order valence-corrected chi connectivity index (χ2v) is 12.8. The first-order chi connectivity index (χ1) is 21.0. The van der Waals surface area contributed by atoms with E-state index >= 15 is 4.39 Å². The average Bonchev–Trinajstić information content (AvgIpc) is 3.04. The SMILES string of the molecule is C/C=C/CCc1ccc(-c2ccc(-c3ccc(C4=CCC(C5CCC(CCCCC)CC5)CC4)cc3F)cc2)c(F)c1F. The average molecular weight is 585 g/mol. The van der Waals surface area contributed by atoms with Gasteiger partial charge in [0.05, 0.1) is 0 Å². The van der Waals surface area contributed by atoms with E-state index in [2.05, 4.69) is 13.0 Å². The monoisotopic (exact) mass is 584 g/mol. The molecule has 0 radical (unpaired) electrons. The minimum atomic E-state index is -0.834. The second kappa shape index (κ2) is 15.1. The molecule has 3 aromatic carbocycles. The molecule has 0 heterocycles. The molecule has 1 fully saturated rings. The summed E-state index contributed by atoms with van der Waals surface area (Å²) in [5.74, 6) is 0.700. The zero-order valence-electron chi connectivity index (χ0n) is 26.0. The van der Waals surface area contributed by atoms with E-state index in [1.165, 1.54) is 63.4 Å². The van der Waals surface area contributed by atoms with Crippen molar-refractivity contribution in [3.63, 3.8) is 0 Å². The standard InChI is InChI=1S/C40H47F3/c1-3-5-7-9-28-11-13-29(14-12-28)30-15-17-31(18-16-30)35-24-25-36(38(41)27-35)32-19-21-33(22-20-32)37-26-23-34(10-8-6-4-2)39(42)40(37)43/h4,6,17,19-30H,3,5,7-16,18H2,1-2H3/b6-4+. The Bertz CT molecular complexity index is 1410. The molecule has 1 unspecified atom stereocenters. The summed E-state index contributed by atoms with van der Waals surface area (Å²) < 4.78 is 45.0. The lowest BCUT2D eigenvalue weighted by atomic mass is 9.70. The molecule has 43 heavy (non-hydrogen) atoms. The molecule has 0 aromatic heterocycles. The third-order valence-corrected chi connectivity index (χ3v) is 10.1. The third kappa shape index (κ3) is 7.72. The summed E-state index contributed by atoms with van der Waals surface area (Å²) in [4.78, 5) is 0. The molecule has 3 aromatic rings. The number of halogens is 3. The Morgan fingerprint density at radius 1 is 0.744 bits per heavy atom. The molecular weight excluding hydrogens is 537 g/mol. The number of benzene rings is 3. The van der Waals surface area contributed by atoms with Crippen molar-refractivity contribution in [3.05, 3.63) is 101 Å². The third-order valence-electron chi connectivity index (χ3n) is 10.1. The molecule has 1 atom stereocenters. The van der Waals surface area contributed by atoms with Gasteiger partial charge in [-0.1, -0.05) is 112 Å². The van der Waals surface area contributed by atoms with Crippen LogP contribution in [0.25, 0.3) is 27.8 Å². The summed E-state index contributed by atoms with van der Waals surface area (Å²) >= 11 is 0. The largest absolute Gasteiger partial charge is 0.206 e. The Morgan fingerprint density at radius 3 is 2.09 bits per heavy atom. The second-order valence-electron chi connectivity index (χ2n) is 12.8. The predicted octanol–water partition coefficient (Wildman–Crippen LogP) is 12.5. The maximum Gasteiger partial charge on any atom is 0.166 e. The Kier molecular flexibility index (Phi) is 11.0. The highest BCUT2D eigenvalue weighted by Crippen LogP contribution is 2.42. The van der Waals surface area contributed by atoms with Gasteiger partial charge in [-0.3, -0.25) is 0 Å². The summed E-state index contributed by atoms with van der Waals surface area (Å²) in [6.07, 6.45) is 21.8. The Hall–Kier alpha value is -3.07. The van der Waals surface area contributed by atoms with Crippen LogP contribution in [0.3, 0.4) is 0 Å². The Morgan fingerprint density at radius 2 is 1.44 bits per heavy atom. The van der Waals surface area contributed by atoms with Crippen molar-refractivity contribution in [2.45, 2.75) is 97.3 Å². The molecule has 0 nitrogen and oxygen atoms in total. The van der Waals surface area contributed by atoms with Crippen LogP contribution in [-0.2, 0) is 6.42 Å². The molecule has 0 aliphatic heterocycles. The zero-order valence-corrected chi connectivity index (χ0v) is 26.0. The van der Waals surface area contributed by atoms with E-state index in [9.17, 15) is 8.78 Å². The van der Waals surface area contributed by atoms with Crippen molar-refractivity contribution in [1.82, 2.24) is 0 Å². The smallest absolute Gasteiger partial charge is 0.166 e. The molecule has 2 aliphatic rings. The van der Waals surface area contributed by atoms with Crippen molar-refractivity contribution < 1.29 is 13.2 Å². The van der Waals surface area contributed by atoms with E-state index in [0.29, 0.717) is 29.5 Å². The fraction of sp³-hybridized carbons (Fsp3) is 0.450. The van der Waals surface area contributed by atoms with Crippen LogP contribution in [0.4, 0.5) is 13.2 Å². The summed E-state index contributed by atoms with van der Waals surface area (Å²) in [5.41, 5.74) is 4.65. The van der Waals surface area contributed by atoms with Gasteiger partial charge in [-0.15, -0.1) is 0 Å². The van der Waals surface area contributed by atoms with Crippen LogP contribution in [0.2, 0.25) is 0 Å². The summed E-state index contributed by atoms with van der Waals surface area (Å²) in [6, 6.07) is 15.9. The molecule has 228 valence electrons. The van der Waals surface area contributed by atoms with Gasteiger partial charge in [0.1, 0.15) is 5.82 Å². The Balaban J connectivity index is 1.20. The molecular formula is C40H47F3. The van der Waals surface area contributed by atoms with Crippen LogP contribution in [0.5, 0.6) is 0 Å². The van der Waals surface area contributed by atoms with E-state index in [4.69, 9.17) is 0 Å². The van der Waals surface area contributed by atoms with Gasteiger partial charge < -0.3 is 0 Å². The minimum absolute atomic E-state index is 0.220. The van der Waals surface area contributed by atoms with Crippen LogP contribution >= 0.6 is 0 Å². The number of hydrogen-bond donors (Lipinski definition) is 0. The van der Waals surface area contributed by atoms with E-state index in [-0.39, 0.29) is 11.4 Å². The molecule has 0 spiro atoms. The molecule has 1 saturated carbocycles. The van der Waals surface area contributed by atoms with Crippen LogP contribution in [0.15, 0.2) is 72.8 Å². The zero-order chi connectivity index (χ0) is 30.2. The number of allylic oxidation sites excluding steroid dienone is 4. The van der Waals surface area contributed by atoms with Crippen LogP contribution < -0.4 is 0 Å². The van der Waals surface area contributed by atoms with Gasteiger partial charge in [-0.05, 0) is 104 Å². The lowest BCUT2D eigenvalue weighted by molar-refractivity contribution is 0.187. The van der Waals surface area contributed by atoms with Gasteiger partial charge in [0.25, 0.3) is 0 Å². The molecule has 0 amide bonds. The predicted molar refractivity (Wildman–Crippen MR) is 175 cm³/mol. The highest BCUT2D eigenvalue weighted by molar-refractivity contribution is 5.74. The maximum atomic E-state index is 15.4. The number of aryl methyl sites for hydroxylation is 1. The first-order valence-electron chi connectivity index (χ1n) is 16.7. The topological polar surface area (TPSA) is 0 Å². The van der Waals surface area contributed by atoms with Gasteiger partial charge in [0, 0.05) is 11.1 Å². The van der Waals surface area contributed by atoms with Gasteiger partial charge in [-0.25, -0.2) is 13.2 Å². The normalized spacial score (nSPS) is 20.9. The van der Waals surface area contributed by atoms with Crippen LogP contribution in [0.1, 0.15) is 102 Å². The first-order valence-corrected chi connectivity index (χ1v) is 16.7. The van der Waals surface area contributed by atoms with Gasteiger partial charge in [-0.2, -0.15) is 0 Å². The molecule has 0 bridgehead atoms. The fourth-order valence-corrected chi connectivity index (χ4v) is 7.37. The van der Waals surface area contributed by atoms with Crippen molar-refractivity contribution >= 4 is 5.57 Å². The van der Waals surface area contributed by atoms with E-state index in [1.54, 1.807) is 42.5 Å². The molecule has 3 heteroatoms.